The average Bonchev–Trinajstić information content (AvgIpc) is 2.15. The van der Waals surface area contributed by atoms with Crippen molar-refractivity contribution in [2.24, 2.45) is 0 Å². The quantitative estimate of drug-likeness (QED) is 0.823. The van der Waals surface area contributed by atoms with E-state index in [0.717, 1.165) is 6.07 Å². The lowest BCUT2D eigenvalue weighted by Crippen LogP contribution is -2.13. The summed E-state index contributed by atoms with van der Waals surface area (Å²) < 4.78 is 36.2. The third-order valence-corrected chi connectivity index (χ3v) is 1.79. The van der Waals surface area contributed by atoms with Gasteiger partial charge in [0.05, 0.1) is 11.6 Å². The van der Waals surface area contributed by atoms with Gasteiger partial charge in [0.25, 0.3) is 0 Å². The van der Waals surface area contributed by atoms with Crippen molar-refractivity contribution in [2.45, 2.75) is 19.0 Å². The van der Waals surface area contributed by atoms with Gasteiger partial charge in [0.15, 0.2) is 5.69 Å². The van der Waals surface area contributed by atoms with Gasteiger partial charge < -0.3 is 5.11 Å². The van der Waals surface area contributed by atoms with Crippen molar-refractivity contribution in [2.75, 3.05) is 0 Å². The molecule has 0 spiro atoms. The van der Waals surface area contributed by atoms with Crippen LogP contribution in [0.1, 0.15) is 24.2 Å². The highest BCUT2D eigenvalue weighted by Gasteiger charge is 2.33. The van der Waals surface area contributed by atoms with Crippen LogP contribution in [-0.2, 0) is 11.0 Å². The zero-order valence-corrected chi connectivity index (χ0v) is 7.62. The van der Waals surface area contributed by atoms with E-state index >= 15 is 0 Å². The summed E-state index contributed by atoms with van der Waals surface area (Å²) in [6, 6.07) is 1.72. The molecule has 0 aliphatic carbocycles. The summed E-state index contributed by atoms with van der Waals surface area (Å²) in [7, 11) is 0. The number of hydrogen-bond acceptors (Lipinski definition) is 3. The molecule has 0 saturated carbocycles. The van der Waals surface area contributed by atoms with Crippen molar-refractivity contribution in [3.63, 3.8) is 0 Å². The van der Waals surface area contributed by atoms with E-state index in [2.05, 4.69) is 10.2 Å². The lowest BCUT2D eigenvalue weighted by Gasteiger charge is -2.07. The van der Waals surface area contributed by atoms with Crippen LogP contribution in [0.25, 0.3) is 0 Å². The Kier molecular flexibility index (Phi) is 2.92. The second-order valence-electron chi connectivity index (χ2n) is 2.90. The molecular formula is C8H7F3N2O2. The second kappa shape index (κ2) is 3.84. The standard InChI is InChI=1S/C8H7F3N2O2/c1-4(7(14)15)5-2-3-6(13-12-5)8(9,10)11/h2-4H,1H3,(H,14,15). The van der Waals surface area contributed by atoms with Gasteiger partial charge in [0.1, 0.15) is 0 Å². The van der Waals surface area contributed by atoms with Crippen molar-refractivity contribution in [3.05, 3.63) is 23.5 Å². The number of carboxylic acids is 1. The molecule has 1 heterocycles. The first-order valence-corrected chi connectivity index (χ1v) is 3.96. The Morgan fingerprint density at radius 3 is 2.33 bits per heavy atom. The van der Waals surface area contributed by atoms with Crippen LogP contribution < -0.4 is 0 Å². The average molecular weight is 220 g/mol. The molecule has 0 aliphatic heterocycles. The largest absolute Gasteiger partial charge is 0.481 e. The van der Waals surface area contributed by atoms with Crippen LogP contribution in [-0.4, -0.2) is 21.3 Å². The number of carboxylic acid groups (broad SMARTS) is 1. The van der Waals surface area contributed by atoms with E-state index in [1.807, 2.05) is 0 Å². The molecule has 82 valence electrons. The van der Waals surface area contributed by atoms with E-state index in [0.29, 0.717) is 6.07 Å². The fourth-order valence-corrected chi connectivity index (χ4v) is 0.851. The smallest absolute Gasteiger partial charge is 0.435 e. The van der Waals surface area contributed by atoms with Crippen molar-refractivity contribution in [1.82, 2.24) is 10.2 Å². The maximum atomic E-state index is 12.1. The molecule has 1 atom stereocenters. The molecular weight excluding hydrogens is 213 g/mol. The summed E-state index contributed by atoms with van der Waals surface area (Å²) in [5.41, 5.74) is -1.14. The third kappa shape index (κ3) is 2.64. The lowest BCUT2D eigenvalue weighted by atomic mass is 10.1. The molecule has 0 saturated heterocycles. The maximum Gasteiger partial charge on any atom is 0.435 e. The van der Waals surface area contributed by atoms with E-state index in [4.69, 9.17) is 5.11 Å². The van der Waals surface area contributed by atoms with Crippen molar-refractivity contribution in [3.8, 4) is 0 Å². The Morgan fingerprint density at radius 1 is 1.40 bits per heavy atom. The van der Waals surface area contributed by atoms with Crippen LogP contribution in [0.2, 0.25) is 0 Å². The molecule has 7 heteroatoms. The minimum Gasteiger partial charge on any atom is -0.481 e. The molecule has 1 aromatic rings. The molecule has 0 aromatic carbocycles. The Hall–Kier alpha value is -1.66. The second-order valence-corrected chi connectivity index (χ2v) is 2.90. The highest BCUT2D eigenvalue weighted by atomic mass is 19.4. The number of rotatable bonds is 2. The van der Waals surface area contributed by atoms with Crippen LogP contribution in [0.3, 0.4) is 0 Å². The van der Waals surface area contributed by atoms with Crippen LogP contribution in [0.4, 0.5) is 13.2 Å². The molecule has 15 heavy (non-hydrogen) atoms. The summed E-state index contributed by atoms with van der Waals surface area (Å²) >= 11 is 0. The molecule has 0 amide bonds. The Balaban J connectivity index is 2.95. The zero-order chi connectivity index (χ0) is 11.6. The van der Waals surface area contributed by atoms with E-state index in [1.54, 1.807) is 0 Å². The van der Waals surface area contributed by atoms with Gasteiger partial charge in [0, 0.05) is 0 Å². The molecule has 1 unspecified atom stereocenters. The molecule has 0 aliphatic rings. The molecule has 1 rings (SSSR count). The number of aliphatic carboxylic acids is 1. The third-order valence-electron chi connectivity index (χ3n) is 1.79. The summed E-state index contributed by atoms with van der Waals surface area (Å²) in [6.45, 7) is 1.32. The first-order valence-electron chi connectivity index (χ1n) is 3.96. The molecule has 0 bridgehead atoms. The van der Waals surface area contributed by atoms with Crippen LogP contribution in [0.5, 0.6) is 0 Å². The number of aromatic nitrogens is 2. The van der Waals surface area contributed by atoms with Gasteiger partial charge in [-0.15, -0.1) is 5.10 Å². The van der Waals surface area contributed by atoms with Crippen molar-refractivity contribution < 1.29 is 23.1 Å². The zero-order valence-electron chi connectivity index (χ0n) is 7.62. The number of alkyl halides is 3. The predicted molar refractivity (Wildman–Crippen MR) is 43.1 cm³/mol. The monoisotopic (exact) mass is 220 g/mol. The van der Waals surface area contributed by atoms with Gasteiger partial charge in [-0.3, -0.25) is 4.79 Å². The number of halogens is 3. The molecule has 0 radical (unpaired) electrons. The van der Waals surface area contributed by atoms with Crippen molar-refractivity contribution in [1.29, 1.82) is 0 Å². The fourth-order valence-electron chi connectivity index (χ4n) is 0.851. The normalized spacial score (nSPS) is 13.6. The van der Waals surface area contributed by atoms with Gasteiger partial charge in [-0.25, -0.2) is 0 Å². The van der Waals surface area contributed by atoms with Gasteiger partial charge in [-0.2, -0.15) is 18.3 Å². The lowest BCUT2D eigenvalue weighted by molar-refractivity contribution is -0.141. The maximum absolute atomic E-state index is 12.1. The number of nitrogens with zero attached hydrogens (tertiary/aromatic N) is 2. The van der Waals surface area contributed by atoms with Crippen LogP contribution in [0, 0.1) is 0 Å². The Morgan fingerprint density at radius 2 is 2.00 bits per heavy atom. The Labute approximate surface area is 82.8 Å². The Bertz CT molecular complexity index is 361. The highest BCUT2D eigenvalue weighted by Crippen LogP contribution is 2.27. The first-order chi connectivity index (χ1) is 6.82. The molecule has 0 fully saturated rings. The van der Waals surface area contributed by atoms with Crippen LogP contribution in [0.15, 0.2) is 12.1 Å². The van der Waals surface area contributed by atoms with Gasteiger partial charge >= 0.3 is 12.1 Å². The minimum atomic E-state index is -4.56. The van der Waals surface area contributed by atoms with Crippen molar-refractivity contribution >= 4 is 5.97 Å². The topological polar surface area (TPSA) is 63.1 Å². The van der Waals surface area contributed by atoms with E-state index < -0.39 is 23.8 Å². The molecule has 1 aromatic heterocycles. The SMILES string of the molecule is CC(C(=O)O)c1ccc(C(F)(F)F)nn1. The summed E-state index contributed by atoms with van der Waals surface area (Å²) in [6.07, 6.45) is -4.56. The summed E-state index contributed by atoms with van der Waals surface area (Å²) in [5.74, 6) is -2.14. The molecule has 4 nitrogen and oxygen atoms in total. The summed E-state index contributed by atoms with van der Waals surface area (Å²) in [5, 5.41) is 14.7. The fraction of sp³-hybridized carbons (Fsp3) is 0.375. The van der Waals surface area contributed by atoms with Gasteiger partial charge in [-0.05, 0) is 19.1 Å². The highest BCUT2D eigenvalue weighted by molar-refractivity contribution is 5.74. The first kappa shape index (κ1) is 11.4. The predicted octanol–water partition coefficient (Wildman–Crippen LogP) is 1.68. The molecule has 1 N–H and O–H groups in total. The number of carbonyl (C=O) groups is 1. The van der Waals surface area contributed by atoms with E-state index in [9.17, 15) is 18.0 Å². The van der Waals surface area contributed by atoms with Gasteiger partial charge in [-0.1, -0.05) is 0 Å². The number of hydrogen-bond donors (Lipinski definition) is 1. The summed E-state index contributed by atoms with van der Waals surface area (Å²) in [4.78, 5) is 10.5. The van der Waals surface area contributed by atoms with Crippen LogP contribution >= 0.6 is 0 Å². The minimum absolute atomic E-state index is 0.00417. The van der Waals surface area contributed by atoms with E-state index in [-0.39, 0.29) is 5.69 Å². The van der Waals surface area contributed by atoms with E-state index in [1.165, 1.54) is 6.92 Å². The van der Waals surface area contributed by atoms with Gasteiger partial charge in [0.2, 0.25) is 0 Å².